The average Bonchev–Trinajstić information content (AvgIpc) is 2.34. The third kappa shape index (κ3) is 2.93. The highest BCUT2D eigenvalue weighted by atomic mass is 35.5. The van der Waals surface area contributed by atoms with E-state index in [1.165, 1.54) is 19.2 Å². The fourth-order valence-corrected chi connectivity index (χ4v) is 2.65. The minimum absolute atomic E-state index is 0.0557. The lowest BCUT2D eigenvalue weighted by molar-refractivity contribution is -0.136. The van der Waals surface area contributed by atoms with Crippen molar-refractivity contribution in [3.63, 3.8) is 0 Å². The first-order chi connectivity index (χ1) is 9.55. The molecule has 0 bridgehead atoms. The molecule has 6 heteroatoms. The molecule has 1 heterocycles. The molecule has 1 aromatic carbocycles. The van der Waals surface area contributed by atoms with Gasteiger partial charge in [0.2, 0.25) is 0 Å². The molecule has 0 amide bonds. The lowest BCUT2D eigenvalue weighted by Crippen LogP contribution is -2.18. The van der Waals surface area contributed by atoms with Gasteiger partial charge in [0, 0.05) is 10.8 Å². The zero-order valence-corrected chi connectivity index (χ0v) is 12.9. The van der Waals surface area contributed by atoms with Crippen molar-refractivity contribution in [2.45, 2.75) is 32.4 Å². The van der Waals surface area contributed by atoms with Crippen molar-refractivity contribution in [3.05, 3.63) is 34.5 Å². The summed E-state index contributed by atoms with van der Waals surface area (Å²) in [7, 11) is 1.40. The first-order valence-electron chi connectivity index (χ1n) is 6.30. The minimum atomic E-state index is -4.56. The molecule has 0 aliphatic heterocycles. The van der Waals surface area contributed by atoms with Gasteiger partial charge in [-0.2, -0.15) is 13.2 Å². The summed E-state index contributed by atoms with van der Waals surface area (Å²) in [4.78, 5) is 4.31. The predicted molar refractivity (Wildman–Crippen MR) is 77.0 cm³/mol. The molecular weight excluding hydrogens is 303 g/mol. The van der Waals surface area contributed by atoms with Crippen LogP contribution in [0.5, 0.6) is 5.75 Å². The minimum Gasteiger partial charge on any atom is -0.497 e. The number of methoxy groups -OCH3 is 1. The summed E-state index contributed by atoms with van der Waals surface area (Å²) >= 11 is 6.03. The smallest absolute Gasteiger partial charge is 0.418 e. The van der Waals surface area contributed by atoms with Gasteiger partial charge in [-0.15, -0.1) is 0 Å². The van der Waals surface area contributed by atoms with Gasteiger partial charge in [-0.3, -0.25) is 4.98 Å². The molecule has 0 unspecified atom stereocenters. The molecule has 1 aromatic heterocycles. The fourth-order valence-electron chi connectivity index (χ4n) is 2.12. The fraction of sp³-hybridized carbons (Fsp3) is 0.400. The molecule has 0 atom stereocenters. The standard InChI is InChI=1S/C15H15ClF3NO/c1-14(2,3)13-12(16)11(15(17,18)19)9-7-8(21-4)5-6-10(9)20-13/h5-7H,1-4H3. The highest BCUT2D eigenvalue weighted by Gasteiger charge is 2.38. The van der Waals surface area contributed by atoms with Gasteiger partial charge >= 0.3 is 6.18 Å². The molecular formula is C15H15ClF3NO. The first-order valence-corrected chi connectivity index (χ1v) is 6.68. The third-order valence-electron chi connectivity index (χ3n) is 3.13. The number of alkyl halides is 3. The van der Waals surface area contributed by atoms with E-state index >= 15 is 0 Å². The molecule has 0 aliphatic carbocycles. The summed E-state index contributed by atoms with van der Waals surface area (Å²) in [6.45, 7) is 5.32. The van der Waals surface area contributed by atoms with E-state index in [9.17, 15) is 13.2 Å². The van der Waals surface area contributed by atoms with E-state index in [2.05, 4.69) is 4.98 Å². The average molecular weight is 318 g/mol. The number of pyridine rings is 1. The quantitative estimate of drug-likeness (QED) is 0.720. The van der Waals surface area contributed by atoms with Crippen molar-refractivity contribution in [1.29, 1.82) is 0 Å². The van der Waals surface area contributed by atoms with E-state index in [4.69, 9.17) is 16.3 Å². The highest BCUT2D eigenvalue weighted by molar-refractivity contribution is 6.33. The maximum atomic E-state index is 13.4. The molecule has 2 nitrogen and oxygen atoms in total. The second-order valence-electron chi connectivity index (χ2n) is 5.78. The van der Waals surface area contributed by atoms with Crippen molar-refractivity contribution in [1.82, 2.24) is 4.98 Å². The van der Waals surface area contributed by atoms with E-state index < -0.39 is 17.2 Å². The Morgan fingerprint density at radius 3 is 2.24 bits per heavy atom. The first kappa shape index (κ1) is 15.9. The molecule has 0 N–H and O–H groups in total. The predicted octanol–water partition coefficient (Wildman–Crippen LogP) is 5.21. The normalized spacial score (nSPS) is 12.8. The Morgan fingerprint density at radius 2 is 1.76 bits per heavy atom. The Morgan fingerprint density at radius 1 is 1.14 bits per heavy atom. The Hall–Kier alpha value is -1.49. The summed E-state index contributed by atoms with van der Waals surface area (Å²) < 4.78 is 45.3. The second-order valence-corrected chi connectivity index (χ2v) is 6.16. The Kier molecular flexibility index (Phi) is 3.82. The van der Waals surface area contributed by atoms with E-state index in [0.29, 0.717) is 5.75 Å². The largest absolute Gasteiger partial charge is 0.497 e. The summed E-state index contributed by atoms with van der Waals surface area (Å²) in [5.41, 5.74) is -0.977. The number of fused-ring (bicyclic) bond motifs is 1. The number of rotatable bonds is 1. The molecule has 114 valence electrons. The molecule has 0 aliphatic rings. The molecule has 0 saturated carbocycles. The van der Waals surface area contributed by atoms with Crippen LogP contribution < -0.4 is 4.74 Å². The molecule has 0 radical (unpaired) electrons. The lowest BCUT2D eigenvalue weighted by atomic mass is 9.89. The van der Waals surface area contributed by atoms with Gasteiger partial charge in [-0.25, -0.2) is 0 Å². The highest BCUT2D eigenvalue weighted by Crippen LogP contribution is 2.43. The maximum Gasteiger partial charge on any atom is 0.418 e. The SMILES string of the molecule is COc1ccc2nc(C(C)(C)C)c(Cl)c(C(F)(F)F)c2c1. The Balaban J connectivity index is 2.94. The van der Waals surface area contributed by atoms with Crippen LogP contribution in [0.2, 0.25) is 5.02 Å². The summed E-state index contributed by atoms with van der Waals surface area (Å²) in [5.74, 6) is 0.328. The molecule has 0 fully saturated rings. The third-order valence-corrected chi connectivity index (χ3v) is 3.49. The van der Waals surface area contributed by atoms with Crippen LogP contribution in [0.1, 0.15) is 32.0 Å². The van der Waals surface area contributed by atoms with Crippen LogP contribution >= 0.6 is 11.6 Å². The Labute approximate surface area is 125 Å². The summed E-state index contributed by atoms with van der Waals surface area (Å²) in [5, 5.41) is -0.407. The monoisotopic (exact) mass is 317 g/mol. The van der Waals surface area contributed by atoms with Crippen LogP contribution in [-0.2, 0) is 11.6 Å². The van der Waals surface area contributed by atoms with Crippen molar-refractivity contribution in [3.8, 4) is 5.75 Å². The van der Waals surface area contributed by atoms with Crippen molar-refractivity contribution in [2.75, 3.05) is 7.11 Å². The second kappa shape index (κ2) is 5.05. The topological polar surface area (TPSA) is 22.1 Å². The number of benzene rings is 1. The molecule has 0 spiro atoms. The number of hydrogen-bond donors (Lipinski definition) is 0. The van der Waals surface area contributed by atoms with Crippen molar-refractivity contribution < 1.29 is 17.9 Å². The van der Waals surface area contributed by atoms with Crippen LogP contribution in [-0.4, -0.2) is 12.1 Å². The molecule has 0 saturated heterocycles. The van der Waals surface area contributed by atoms with E-state index in [1.54, 1.807) is 26.8 Å². The van der Waals surface area contributed by atoms with Crippen molar-refractivity contribution >= 4 is 22.5 Å². The number of nitrogens with zero attached hydrogens (tertiary/aromatic N) is 1. The van der Waals surface area contributed by atoms with Crippen LogP contribution in [0.25, 0.3) is 10.9 Å². The summed E-state index contributed by atoms with van der Waals surface area (Å²) in [6.07, 6.45) is -4.56. The van der Waals surface area contributed by atoms with E-state index in [0.717, 1.165) is 0 Å². The number of halogens is 4. The Bertz CT molecular complexity index is 690. The maximum absolute atomic E-state index is 13.4. The van der Waals surface area contributed by atoms with Gasteiger partial charge in [0.05, 0.1) is 28.9 Å². The van der Waals surface area contributed by atoms with Gasteiger partial charge < -0.3 is 4.74 Å². The number of ether oxygens (including phenoxy) is 1. The van der Waals surface area contributed by atoms with Crippen LogP contribution in [0, 0.1) is 0 Å². The van der Waals surface area contributed by atoms with Crippen LogP contribution in [0.15, 0.2) is 18.2 Å². The molecule has 21 heavy (non-hydrogen) atoms. The zero-order valence-electron chi connectivity index (χ0n) is 12.1. The van der Waals surface area contributed by atoms with Gasteiger partial charge in [-0.05, 0) is 18.2 Å². The van der Waals surface area contributed by atoms with E-state index in [1.807, 2.05) is 0 Å². The van der Waals surface area contributed by atoms with Gasteiger partial charge in [0.15, 0.2) is 0 Å². The van der Waals surface area contributed by atoms with Gasteiger partial charge in [0.25, 0.3) is 0 Å². The summed E-state index contributed by atoms with van der Waals surface area (Å²) in [6, 6.07) is 4.40. The van der Waals surface area contributed by atoms with Gasteiger partial charge in [-0.1, -0.05) is 32.4 Å². The van der Waals surface area contributed by atoms with Crippen LogP contribution in [0.3, 0.4) is 0 Å². The molecule has 2 aromatic rings. The van der Waals surface area contributed by atoms with Gasteiger partial charge in [0.1, 0.15) is 5.75 Å². The lowest BCUT2D eigenvalue weighted by Gasteiger charge is -2.23. The van der Waals surface area contributed by atoms with Crippen molar-refractivity contribution in [2.24, 2.45) is 0 Å². The molecule has 2 rings (SSSR count). The number of aromatic nitrogens is 1. The van der Waals surface area contributed by atoms with E-state index in [-0.39, 0.29) is 21.6 Å². The zero-order chi connectivity index (χ0) is 16.0. The number of hydrogen-bond acceptors (Lipinski definition) is 2. The van der Waals surface area contributed by atoms with Crippen LogP contribution in [0.4, 0.5) is 13.2 Å².